The lowest BCUT2D eigenvalue weighted by Gasteiger charge is -2.12. The Bertz CT molecular complexity index is 431. The molecular weight excluding hydrogens is 291 g/mol. The molecule has 0 aliphatic rings. The first-order valence-electron chi connectivity index (χ1n) is 4.02. The lowest BCUT2D eigenvalue weighted by Crippen LogP contribution is -2.11. The number of carbonyl (C=O) groups excluding carboxylic acids is 1. The van der Waals surface area contributed by atoms with Gasteiger partial charge in [-0.3, -0.25) is 0 Å². The molecule has 2 N–H and O–H groups in total. The van der Waals surface area contributed by atoms with Crippen LogP contribution in [0.1, 0.15) is 15.9 Å². The zero-order valence-corrected chi connectivity index (χ0v) is 9.65. The number of esters is 1. The number of nitrogens with two attached hydrogens (primary N) is 1. The maximum absolute atomic E-state index is 12.5. The maximum Gasteiger partial charge on any atom is 0.417 e. The average molecular weight is 298 g/mol. The quantitative estimate of drug-likeness (QED) is 0.640. The molecule has 0 aliphatic carbocycles. The topological polar surface area (TPSA) is 52.3 Å². The van der Waals surface area contributed by atoms with Gasteiger partial charge in [-0.2, -0.15) is 13.2 Å². The normalized spacial score (nSPS) is 11.3. The van der Waals surface area contributed by atoms with Crippen molar-refractivity contribution in [2.24, 2.45) is 0 Å². The first-order valence-corrected chi connectivity index (χ1v) is 4.81. The van der Waals surface area contributed by atoms with Gasteiger partial charge in [0.15, 0.2) is 0 Å². The van der Waals surface area contributed by atoms with Crippen molar-refractivity contribution in [3.63, 3.8) is 0 Å². The molecule has 0 saturated heterocycles. The molecule has 1 aromatic carbocycles. The summed E-state index contributed by atoms with van der Waals surface area (Å²) in [5, 5.41) is 0. The van der Waals surface area contributed by atoms with Gasteiger partial charge in [-0.1, -0.05) is 0 Å². The van der Waals surface area contributed by atoms with Crippen LogP contribution < -0.4 is 5.73 Å². The molecule has 7 heteroatoms. The highest BCUT2D eigenvalue weighted by Crippen LogP contribution is 2.38. The van der Waals surface area contributed by atoms with Crippen LogP contribution in [-0.4, -0.2) is 13.1 Å². The summed E-state index contributed by atoms with van der Waals surface area (Å²) < 4.78 is 41.7. The Kier molecular flexibility index (Phi) is 3.47. The number of rotatable bonds is 1. The smallest absolute Gasteiger partial charge is 0.417 e. The van der Waals surface area contributed by atoms with Crippen molar-refractivity contribution in [2.45, 2.75) is 6.18 Å². The van der Waals surface area contributed by atoms with Crippen LogP contribution in [0.25, 0.3) is 0 Å². The summed E-state index contributed by atoms with van der Waals surface area (Å²) in [4.78, 5) is 11.1. The minimum Gasteiger partial charge on any atom is -0.465 e. The SMILES string of the molecule is COC(=O)c1cc(N)c(Br)c(C(F)(F)F)c1. The molecule has 0 aliphatic heterocycles. The van der Waals surface area contributed by atoms with Crippen LogP contribution in [0.4, 0.5) is 18.9 Å². The number of carbonyl (C=O) groups is 1. The second-order valence-electron chi connectivity index (χ2n) is 2.92. The molecule has 0 heterocycles. The van der Waals surface area contributed by atoms with Crippen LogP contribution in [0.5, 0.6) is 0 Å². The van der Waals surface area contributed by atoms with Gasteiger partial charge in [0, 0.05) is 5.69 Å². The molecule has 1 rings (SSSR count). The number of ether oxygens (including phenoxy) is 1. The summed E-state index contributed by atoms with van der Waals surface area (Å²) in [6, 6.07) is 1.80. The number of alkyl halides is 3. The maximum atomic E-state index is 12.5. The average Bonchev–Trinajstić information content (AvgIpc) is 2.18. The van der Waals surface area contributed by atoms with E-state index in [-0.39, 0.29) is 15.7 Å². The highest BCUT2D eigenvalue weighted by atomic mass is 79.9. The van der Waals surface area contributed by atoms with E-state index < -0.39 is 17.7 Å². The van der Waals surface area contributed by atoms with Gasteiger partial charge >= 0.3 is 12.1 Å². The zero-order valence-electron chi connectivity index (χ0n) is 8.06. The van der Waals surface area contributed by atoms with Crippen molar-refractivity contribution < 1.29 is 22.7 Å². The van der Waals surface area contributed by atoms with Crippen molar-refractivity contribution in [3.05, 3.63) is 27.7 Å². The van der Waals surface area contributed by atoms with Gasteiger partial charge in [-0.15, -0.1) is 0 Å². The van der Waals surface area contributed by atoms with Gasteiger partial charge in [-0.05, 0) is 28.1 Å². The van der Waals surface area contributed by atoms with Crippen molar-refractivity contribution >= 4 is 27.6 Å². The molecule has 0 fully saturated rings. The van der Waals surface area contributed by atoms with E-state index in [2.05, 4.69) is 20.7 Å². The van der Waals surface area contributed by atoms with Gasteiger partial charge in [-0.25, -0.2) is 4.79 Å². The van der Waals surface area contributed by atoms with Crippen molar-refractivity contribution in [1.82, 2.24) is 0 Å². The second kappa shape index (κ2) is 4.32. The summed E-state index contributed by atoms with van der Waals surface area (Å²) in [5.41, 5.74) is 3.94. The fourth-order valence-corrected chi connectivity index (χ4v) is 1.54. The lowest BCUT2D eigenvalue weighted by molar-refractivity contribution is -0.138. The van der Waals surface area contributed by atoms with Gasteiger partial charge in [0.2, 0.25) is 0 Å². The lowest BCUT2D eigenvalue weighted by atomic mass is 10.1. The Hall–Kier alpha value is -1.24. The zero-order chi connectivity index (χ0) is 12.5. The van der Waals surface area contributed by atoms with E-state index >= 15 is 0 Å². The number of nitrogen functional groups attached to an aromatic ring is 1. The number of benzene rings is 1. The highest BCUT2D eigenvalue weighted by Gasteiger charge is 2.34. The molecule has 0 aromatic heterocycles. The van der Waals surface area contributed by atoms with Gasteiger partial charge in [0.25, 0.3) is 0 Å². The molecule has 0 unspecified atom stereocenters. The third-order valence-electron chi connectivity index (χ3n) is 1.83. The molecule has 16 heavy (non-hydrogen) atoms. The predicted octanol–water partition coefficient (Wildman–Crippen LogP) is 2.84. The van der Waals surface area contributed by atoms with E-state index in [4.69, 9.17) is 5.73 Å². The van der Waals surface area contributed by atoms with Gasteiger partial charge < -0.3 is 10.5 Å². The number of hydrogen-bond donors (Lipinski definition) is 1. The first-order chi connectivity index (χ1) is 7.27. The number of methoxy groups -OCH3 is 1. The molecular formula is C9H7BrF3NO2. The Morgan fingerprint density at radius 1 is 1.44 bits per heavy atom. The first kappa shape index (κ1) is 12.8. The van der Waals surface area contributed by atoms with Gasteiger partial charge in [0.05, 0.1) is 22.7 Å². The molecule has 1 aromatic rings. The fourth-order valence-electron chi connectivity index (χ4n) is 1.09. The van der Waals surface area contributed by atoms with E-state index in [1.54, 1.807) is 0 Å². The van der Waals surface area contributed by atoms with Crippen molar-refractivity contribution in [2.75, 3.05) is 12.8 Å². The molecule has 0 saturated carbocycles. The van der Waals surface area contributed by atoms with Crippen LogP contribution in [-0.2, 0) is 10.9 Å². The Morgan fingerprint density at radius 3 is 2.44 bits per heavy atom. The second-order valence-corrected chi connectivity index (χ2v) is 3.71. The molecule has 0 bridgehead atoms. The summed E-state index contributed by atoms with van der Waals surface area (Å²) in [6.07, 6.45) is -4.59. The summed E-state index contributed by atoms with van der Waals surface area (Å²) in [5.74, 6) is -0.871. The van der Waals surface area contributed by atoms with E-state index in [9.17, 15) is 18.0 Å². The molecule has 0 spiro atoms. The minimum atomic E-state index is -4.59. The third-order valence-corrected chi connectivity index (χ3v) is 2.71. The van der Waals surface area contributed by atoms with E-state index in [1.807, 2.05) is 0 Å². The van der Waals surface area contributed by atoms with Crippen LogP contribution in [0.2, 0.25) is 0 Å². The number of hydrogen-bond acceptors (Lipinski definition) is 3. The monoisotopic (exact) mass is 297 g/mol. The molecule has 0 amide bonds. The summed E-state index contributed by atoms with van der Waals surface area (Å²) in [7, 11) is 1.08. The molecule has 0 atom stereocenters. The van der Waals surface area contributed by atoms with Crippen LogP contribution in [0, 0.1) is 0 Å². The Labute approximate surface area is 97.5 Å². The summed E-state index contributed by atoms with van der Waals surface area (Å²) >= 11 is 2.72. The van der Waals surface area contributed by atoms with Crippen LogP contribution in [0.15, 0.2) is 16.6 Å². The van der Waals surface area contributed by atoms with Crippen LogP contribution in [0.3, 0.4) is 0 Å². The van der Waals surface area contributed by atoms with Gasteiger partial charge in [0.1, 0.15) is 0 Å². The van der Waals surface area contributed by atoms with E-state index in [0.717, 1.165) is 13.2 Å². The largest absolute Gasteiger partial charge is 0.465 e. The predicted molar refractivity (Wildman–Crippen MR) is 54.9 cm³/mol. The number of anilines is 1. The Balaban J connectivity index is 3.39. The molecule has 0 radical (unpaired) electrons. The highest BCUT2D eigenvalue weighted by molar-refractivity contribution is 9.10. The third kappa shape index (κ3) is 2.46. The standard InChI is InChI=1S/C9H7BrF3NO2/c1-16-8(15)4-2-5(9(11,12)13)7(10)6(14)3-4/h2-3H,14H2,1H3. The van der Waals surface area contributed by atoms with E-state index in [1.165, 1.54) is 0 Å². The molecule has 3 nitrogen and oxygen atoms in total. The van der Waals surface area contributed by atoms with Crippen molar-refractivity contribution in [1.29, 1.82) is 0 Å². The molecule has 88 valence electrons. The number of halogens is 4. The van der Waals surface area contributed by atoms with Crippen LogP contribution >= 0.6 is 15.9 Å². The minimum absolute atomic E-state index is 0.171. The van der Waals surface area contributed by atoms with Crippen molar-refractivity contribution in [3.8, 4) is 0 Å². The fraction of sp³-hybridized carbons (Fsp3) is 0.222. The summed E-state index contributed by atoms with van der Waals surface area (Å²) in [6.45, 7) is 0. The van der Waals surface area contributed by atoms with E-state index in [0.29, 0.717) is 6.07 Å². The Morgan fingerprint density at radius 2 is 2.00 bits per heavy atom.